The van der Waals surface area contributed by atoms with Gasteiger partial charge in [-0.15, -0.1) is 0 Å². The summed E-state index contributed by atoms with van der Waals surface area (Å²) in [5.74, 6) is -1.52. The van der Waals surface area contributed by atoms with Crippen molar-refractivity contribution in [3.8, 4) is 5.69 Å². The summed E-state index contributed by atoms with van der Waals surface area (Å²) in [4.78, 5) is 16.3. The summed E-state index contributed by atoms with van der Waals surface area (Å²) in [6.45, 7) is 5.87. The van der Waals surface area contributed by atoms with Crippen molar-refractivity contribution in [3.05, 3.63) is 53.1 Å². The first-order chi connectivity index (χ1) is 14.7. The summed E-state index contributed by atoms with van der Waals surface area (Å²) < 4.78 is 16.1. The average Bonchev–Trinajstić information content (AvgIpc) is 3.27. The molecule has 8 heteroatoms. The fraction of sp³-hybridized carbons (Fsp3) is 0.348. The first-order valence-electron chi connectivity index (χ1n) is 10.3. The van der Waals surface area contributed by atoms with Crippen LogP contribution >= 0.6 is 0 Å². The molecule has 3 aromatic heterocycles. The van der Waals surface area contributed by atoms with Crippen LogP contribution in [0.2, 0.25) is 0 Å². The molecule has 160 valence electrons. The maximum atomic E-state index is 14.0. The Labute approximate surface area is 177 Å². The lowest BCUT2D eigenvalue weighted by atomic mass is 9.67. The molecule has 0 saturated heterocycles. The molecule has 3 heterocycles. The standard InChI is InChI=1S/C23H23FN4O3/c1-11(2)20-18(14-8-23(31,9-14)22(29)30)19-17(7-13-10-25-27-21(13)26-19)28(20)15-4-5-16(24)12(3)6-15/h4-7,10-11,14,31H,8-9H2,1-3H3,(H,29,30)(H,25,26,27). The molecule has 0 unspecified atom stereocenters. The summed E-state index contributed by atoms with van der Waals surface area (Å²) >= 11 is 0. The molecule has 0 radical (unpaired) electrons. The van der Waals surface area contributed by atoms with Gasteiger partial charge in [0, 0.05) is 22.3 Å². The number of carboxylic acid groups (broad SMARTS) is 1. The second kappa shape index (κ2) is 6.62. The van der Waals surface area contributed by atoms with E-state index in [2.05, 4.69) is 28.6 Å². The molecule has 0 aliphatic heterocycles. The summed E-state index contributed by atoms with van der Waals surface area (Å²) in [6.07, 6.45) is 1.97. The van der Waals surface area contributed by atoms with Crippen LogP contribution in [0.5, 0.6) is 0 Å². The van der Waals surface area contributed by atoms with E-state index in [1.165, 1.54) is 6.07 Å². The van der Waals surface area contributed by atoms with Gasteiger partial charge in [0.1, 0.15) is 5.82 Å². The fourth-order valence-corrected chi connectivity index (χ4v) is 4.76. The minimum Gasteiger partial charge on any atom is -0.479 e. The molecule has 1 fully saturated rings. The number of H-pyrrole nitrogens is 1. The summed E-state index contributed by atoms with van der Waals surface area (Å²) in [7, 11) is 0. The number of rotatable bonds is 4. The van der Waals surface area contributed by atoms with Crippen LogP contribution in [0.25, 0.3) is 27.8 Å². The highest BCUT2D eigenvalue weighted by Crippen LogP contribution is 2.50. The van der Waals surface area contributed by atoms with E-state index in [0.717, 1.165) is 33.4 Å². The van der Waals surface area contributed by atoms with Gasteiger partial charge in [0.05, 0.1) is 17.2 Å². The van der Waals surface area contributed by atoms with Gasteiger partial charge in [-0.25, -0.2) is 14.2 Å². The zero-order valence-corrected chi connectivity index (χ0v) is 17.5. The van der Waals surface area contributed by atoms with E-state index in [-0.39, 0.29) is 30.5 Å². The van der Waals surface area contributed by atoms with Crippen LogP contribution in [0.1, 0.15) is 55.3 Å². The Bertz CT molecular complexity index is 1350. The number of aliphatic carboxylic acids is 1. The average molecular weight is 422 g/mol. The third-order valence-electron chi connectivity index (χ3n) is 6.34. The Kier molecular flexibility index (Phi) is 4.20. The molecule has 1 aliphatic carbocycles. The zero-order valence-electron chi connectivity index (χ0n) is 17.5. The van der Waals surface area contributed by atoms with E-state index in [4.69, 9.17) is 4.98 Å². The van der Waals surface area contributed by atoms with Crippen LogP contribution < -0.4 is 0 Å². The van der Waals surface area contributed by atoms with E-state index < -0.39 is 11.6 Å². The molecule has 1 saturated carbocycles. The van der Waals surface area contributed by atoms with Gasteiger partial charge in [0.15, 0.2) is 11.2 Å². The van der Waals surface area contributed by atoms with Gasteiger partial charge in [-0.2, -0.15) is 5.10 Å². The molecule has 4 aromatic rings. The number of fused-ring (bicyclic) bond motifs is 2. The number of pyridine rings is 1. The maximum Gasteiger partial charge on any atom is 0.335 e. The van der Waals surface area contributed by atoms with Crippen molar-refractivity contribution in [1.29, 1.82) is 0 Å². The second-order valence-corrected chi connectivity index (χ2v) is 8.83. The minimum absolute atomic E-state index is 0.0875. The number of aromatic nitrogens is 4. The van der Waals surface area contributed by atoms with Crippen molar-refractivity contribution in [1.82, 2.24) is 19.7 Å². The topological polar surface area (TPSA) is 104 Å². The van der Waals surface area contributed by atoms with E-state index >= 15 is 0 Å². The number of hydrogen-bond donors (Lipinski definition) is 3. The van der Waals surface area contributed by atoms with Gasteiger partial charge in [0.25, 0.3) is 0 Å². The first kappa shape index (κ1) is 19.7. The Morgan fingerprint density at radius 1 is 1.32 bits per heavy atom. The summed E-state index contributed by atoms with van der Waals surface area (Å²) in [5, 5.41) is 27.6. The van der Waals surface area contributed by atoms with Crippen LogP contribution in [-0.4, -0.2) is 41.5 Å². The molecular formula is C23H23FN4O3. The fourth-order valence-electron chi connectivity index (χ4n) is 4.76. The number of aromatic amines is 1. The van der Waals surface area contributed by atoms with Gasteiger partial charge >= 0.3 is 5.97 Å². The summed E-state index contributed by atoms with van der Waals surface area (Å²) in [5.41, 5.74) is 3.82. The predicted octanol–water partition coefficient (Wildman–Crippen LogP) is 4.17. The highest BCUT2D eigenvalue weighted by Gasteiger charge is 2.51. The predicted molar refractivity (Wildman–Crippen MR) is 114 cm³/mol. The van der Waals surface area contributed by atoms with Crippen molar-refractivity contribution in [2.75, 3.05) is 0 Å². The van der Waals surface area contributed by atoms with Crippen molar-refractivity contribution in [3.63, 3.8) is 0 Å². The largest absolute Gasteiger partial charge is 0.479 e. The number of carboxylic acids is 1. The minimum atomic E-state index is -1.71. The number of nitrogens with zero attached hydrogens (tertiary/aromatic N) is 3. The molecule has 0 atom stereocenters. The Morgan fingerprint density at radius 2 is 2.06 bits per heavy atom. The molecule has 1 aromatic carbocycles. The molecule has 0 amide bonds. The van der Waals surface area contributed by atoms with Crippen LogP contribution in [0, 0.1) is 12.7 Å². The smallest absolute Gasteiger partial charge is 0.335 e. The molecule has 5 rings (SSSR count). The van der Waals surface area contributed by atoms with E-state index in [9.17, 15) is 19.4 Å². The van der Waals surface area contributed by atoms with Crippen LogP contribution in [0.3, 0.4) is 0 Å². The zero-order chi connectivity index (χ0) is 22.1. The number of nitrogens with one attached hydrogen (secondary N) is 1. The van der Waals surface area contributed by atoms with Crippen LogP contribution in [-0.2, 0) is 4.79 Å². The normalized spacial score (nSPS) is 21.2. The van der Waals surface area contributed by atoms with Crippen molar-refractivity contribution in [2.45, 2.75) is 51.0 Å². The number of aliphatic hydroxyl groups is 1. The maximum absolute atomic E-state index is 14.0. The second-order valence-electron chi connectivity index (χ2n) is 8.83. The number of carbonyl (C=O) groups is 1. The lowest BCUT2D eigenvalue weighted by Crippen LogP contribution is -2.49. The van der Waals surface area contributed by atoms with Crippen molar-refractivity contribution >= 4 is 28.0 Å². The molecule has 1 aliphatic rings. The lowest BCUT2D eigenvalue weighted by molar-refractivity contribution is -0.169. The van der Waals surface area contributed by atoms with Gasteiger partial charge < -0.3 is 14.8 Å². The highest BCUT2D eigenvalue weighted by molar-refractivity contribution is 5.94. The van der Waals surface area contributed by atoms with Gasteiger partial charge in [0.2, 0.25) is 0 Å². The Balaban J connectivity index is 1.82. The van der Waals surface area contributed by atoms with Gasteiger partial charge in [-0.1, -0.05) is 13.8 Å². The number of halogens is 1. The number of benzene rings is 1. The third-order valence-corrected chi connectivity index (χ3v) is 6.34. The number of aryl methyl sites for hydroxylation is 1. The monoisotopic (exact) mass is 422 g/mol. The first-order valence-corrected chi connectivity index (χ1v) is 10.3. The third kappa shape index (κ3) is 2.85. The van der Waals surface area contributed by atoms with Crippen molar-refractivity contribution in [2.24, 2.45) is 0 Å². The molecular weight excluding hydrogens is 399 g/mol. The van der Waals surface area contributed by atoms with Gasteiger partial charge in [-0.3, -0.25) is 5.10 Å². The highest BCUT2D eigenvalue weighted by atomic mass is 19.1. The van der Waals surface area contributed by atoms with Crippen LogP contribution in [0.4, 0.5) is 4.39 Å². The summed E-state index contributed by atoms with van der Waals surface area (Å²) in [6, 6.07) is 7.00. The lowest BCUT2D eigenvalue weighted by Gasteiger charge is -2.40. The molecule has 0 spiro atoms. The molecule has 3 N–H and O–H groups in total. The Hall–Kier alpha value is -3.26. The van der Waals surface area contributed by atoms with Gasteiger partial charge in [-0.05, 0) is 61.4 Å². The van der Waals surface area contributed by atoms with E-state index in [0.29, 0.717) is 11.2 Å². The molecule has 7 nitrogen and oxygen atoms in total. The molecule has 0 bridgehead atoms. The number of hydrogen-bond acceptors (Lipinski definition) is 4. The van der Waals surface area contributed by atoms with Crippen LogP contribution in [0.15, 0.2) is 30.5 Å². The molecule has 31 heavy (non-hydrogen) atoms. The van der Waals surface area contributed by atoms with E-state index in [1.807, 2.05) is 6.07 Å². The Morgan fingerprint density at radius 3 is 2.71 bits per heavy atom. The van der Waals surface area contributed by atoms with E-state index in [1.54, 1.807) is 25.3 Å². The SMILES string of the molecule is Cc1cc(-n2c(C(C)C)c(C3CC(O)(C(=O)O)C3)c3nc4[nH]ncc4cc32)ccc1F. The van der Waals surface area contributed by atoms with Crippen molar-refractivity contribution < 1.29 is 19.4 Å². The quantitative estimate of drug-likeness (QED) is 0.458.